The van der Waals surface area contributed by atoms with Crippen LogP contribution >= 0.6 is 15.9 Å². The van der Waals surface area contributed by atoms with Crippen molar-refractivity contribution in [1.82, 2.24) is 4.31 Å². The molecule has 0 aliphatic carbocycles. The summed E-state index contributed by atoms with van der Waals surface area (Å²) in [5.74, 6) is -0.0874. The third kappa shape index (κ3) is 3.31. The van der Waals surface area contributed by atoms with Crippen molar-refractivity contribution in [3.05, 3.63) is 58.1 Å². The van der Waals surface area contributed by atoms with E-state index in [-0.39, 0.29) is 10.8 Å². The molecule has 0 saturated carbocycles. The van der Waals surface area contributed by atoms with Gasteiger partial charge in [0, 0.05) is 29.8 Å². The van der Waals surface area contributed by atoms with Gasteiger partial charge in [-0.1, -0.05) is 26.0 Å². The molecule has 0 radical (unpaired) electrons. The minimum Gasteiger partial charge on any atom is -0.308 e. The molecule has 2 aromatic carbocycles. The van der Waals surface area contributed by atoms with Crippen molar-refractivity contribution in [3.8, 4) is 0 Å². The van der Waals surface area contributed by atoms with Gasteiger partial charge in [-0.05, 0) is 58.2 Å². The zero-order chi connectivity index (χ0) is 18.9. The molecule has 7 heteroatoms. The monoisotopic (exact) mass is 436 g/mol. The number of nitrogens with zero attached hydrogens (tertiary/aromatic N) is 2. The van der Waals surface area contributed by atoms with Crippen LogP contribution < -0.4 is 4.90 Å². The van der Waals surface area contributed by atoms with Crippen LogP contribution in [-0.4, -0.2) is 38.3 Å². The van der Waals surface area contributed by atoms with Gasteiger partial charge >= 0.3 is 0 Å². The predicted octanol–water partition coefficient (Wildman–Crippen LogP) is 3.68. The number of carbonyl (C=O) groups excluding carboxylic acids is 1. The highest BCUT2D eigenvalue weighted by Crippen LogP contribution is 2.33. The third-order valence-electron chi connectivity index (χ3n) is 4.64. The first-order chi connectivity index (χ1) is 12.4. The second kappa shape index (κ2) is 7.50. The van der Waals surface area contributed by atoms with Crippen LogP contribution in [0.4, 0.5) is 5.69 Å². The Hall–Kier alpha value is -1.70. The molecule has 0 saturated heterocycles. The van der Waals surface area contributed by atoms with E-state index in [1.807, 2.05) is 32.0 Å². The summed E-state index contributed by atoms with van der Waals surface area (Å²) in [7, 11) is -3.50. The molecule has 1 aliphatic rings. The number of anilines is 1. The number of sulfonamides is 1. The Morgan fingerprint density at radius 2 is 1.85 bits per heavy atom. The van der Waals surface area contributed by atoms with Gasteiger partial charge in [0.05, 0.1) is 10.5 Å². The van der Waals surface area contributed by atoms with E-state index in [2.05, 4.69) is 15.9 Å². The van der Waals surface area contributed by atoms with Crippen LogP contribution in [0, 0.1) is 0 Å². The molecule has 0 atom stereocenters. The van der Waals surface area contributed by atoms with Crippen LogP contribution in [0.3, 0.4) is 0 Å². The fourth-order valence-corrected chi connectivity index (χ4v) is 5.21. The maximum atomic E-state index is 12.9. The molecule has 26 heavy (non-hydrogen) atoms. The smallest absolute Gasteiger partial charge is 0.259 e. The van der Waals surface area contributed by atoms with Crippen molar-refractivity contribution in [2.75, 3.05) is 24.5 Å². The molecule has 0 aromatic heterocycles. The Morgan fingerprint density at radius 1 is 1.15 bits per heavy atom. The summed E-state index contributed by atoms with van der Waals surface area (Å²) in [5, 5.41) is 0. The van der Waals surface area contributed by atoms with E-state index in [4.69, 9.17) is 0 Å². The second-order valence-electron chi connectivity index (χ2n) is 6.07. The van der Waals surface area contributed by atoms with E-state index in [1.165, 1.54) is 4.31 Å². The van der Waals surface area contributed by atoms with E-state index < -0.39 is 10.0 Å². The molecule has 0 N–H and O–H groups in total. The normalized spacial score (nSPS) is 13.9. The van der Waals surface area contributed by atoms with E-state index in [0.717, 1.165) is 15.7 Å². The summed E-state index contributed by atoms with van der Waals surface area (Å²) in [6.45, 7) is 5.06. The van der Waals surface area contributed by atoms with Gasteiger partial charge in [0.25, 0.3) is 5.91 Å². The molecule has 0 fully saturated rings. The zero-order valence-corrected chi connectivity index (χ0v) is 17.2. The Morgan fingerprint density at radius 3 is 2.50 bits per heavy atom. The molecule has 0 bridgehead atoms. The molecule has 138 valence electrons. The highest BCUT2D eigenvalue weighted by molar-refractivity contribution is 9.10. The summed E-state index contributed by atoms with van der Waals surface area (Å²) in [6.07, 6.45) is 0.646. The number of carbonyl (C=O) groups is 1. The first kappa shape index (κ1) is 19.1. The molecular formula is C19H21BrN2O3S. The Balaban J connectivity index is 1.94. The third-order valence-corrected chi connectivity index (χ3v) is 7.38. The van der Waals surface area contributed by atoms with Gasteiger partial charge in [0.2, 0.25) is 10.0 Å². The molecule has 1 amide bonds. The van der Waals surface area contributed by atoms with Gasteiger partial charge in [-0.3, -0.25) is 4.79 Å². The average Bonchev–Trinajstić information content (AvgIpc) is 3.05. The van der Waals surface area contributed by atoms with Gasteiger partial charge in [0.15, 0.2) is 0 Å². The summed E-state index contributed by atoms with van der Waals surface area (Å²) < 4.78 is 27.6. The van der Waals surface area contributed by atoms with Crippen LogP contribution in [0.2, 0.25) is 0 Å². The van der Waals surface area contributed by atoms with Gasteiger partial charge in [-0.15, -0.1) is 0 Å². The van der Waals surface area contributed by atoms with Crippen molar-refractivity contribution in [2.24, 2.45) is 0 Å². The highest BCUT2D eigenvalue weighted by atomic mass is 79.9. The SMILES string of the molecule is CCN(CC)S(=O)(=O)c1ccc2c(c1)CCN2C(=O)c1ccccc1Br. The molecule has 0 unspecified atom stereocenters. The van der Waals surface area contributed by atoms with Crippen LogP contribution in [0.5, 0.6) is 0 Å². The quantitative estimate of drug-likeness (QED) is 0.717. The standard InChI is InChI=1S/C19H21BrN2O3S/c1-3-21(4-2)26(24,25)15-9-10-18-14(13-15)11-12-22(18)19(23)16-7-5-6-8-17(16)20/h5-10,13H,3-4,11-12H2,1-2H3. The fourth-order valence-electron chi connectivity index (χ4n) is 3.24. The summed E-state index contributed by atoms with van der Waals surface area (Å²) >= 11 is 3.42. The summed E-state index contributed by atoms with van der Waals surface area (Å²) in [6, 6.07) is 12.4. The number of hydrogen-bond acceptors (Lipinski definition) is 3. The van der Waals surface area contributed by atoms with Crippen LogP contribution in [0.25, 0.3) is 0 Å². The van der Waals surface area contributed by atoms with Gasteiger partial charge < -0.3 is 4.90 Å². The molecule has 3 rings (SSSR count). The number of halogens is 1. The highest BCUT2D eigenvalue weighted by Gasteiger charge is 2.29. The average molecular weight is 437 g/mol. The number of rotatable bonds is 5. The number of hydrogen-bond donors (Lipinski definition) is 0. The molecular weight excluding hydrogens is 416 g/mol. The molecule has 2 aromatic rings. The van der Waals surface area contributed by atoms with Crippen molar-refractivity contribution in [1.29, 1.82) is 0 Å². The topological polar surface area (TPSA) is 57.7 Å². The molecule has 0 spiro atoms. The van der Waals surface area contributed by atoms with Crippen molar-refractivity contribution in [2.45, 2.75) is 25.2 Å². The minimum atomic E-state index is -3.50. The van der Waals surface area contributed by atoms with Crippen molar-refractivity contribution < 1.29 is 13.2 Å². The number of fused-ring (bicyclic) bond motifs is 1. The Kier molecular flexibility index (Phi) is 5.50. The Bertz CT molecular complexity index is 940. The zero-order valence-electron chi connectivity index (χ0n) is 14.8. The molecule has 5 nitrogen and oxygen atoms in total. The van der Waals surface area contributed by atoms with E-state index in [9.17, 15) is 13.2 Å². The minimum absolute atomic E-state index is 0.0874. The van der Waals surface area contributed by atoms with Gasteiger partial charge in [-0.2, -0.15) is 4.31 Å². The first-order valence-electron chi connectivity index (χ1n) is 8.59. The number of benzene rings is 2. The van der Waals surface area contributed by atoms with Crippen molar-refractivity contribution >= 4 is 37.5 Å². The molecule has 1 aliphatic heterocycles. The van der Waals surface area contributed by atoms with Crippen LogP contribution in [-0.2, 0) is 16.4 Å². The van der Waals surface area contributed by atoms with Crippen LogP contribution in [0.15, 0.2) is 51.8 Å². The van der Waals surface area contributed by atoms with E-state index in [1.54, 1.807) is 29.2 Å². The summed E-state index contributed by atoms with van der Waals surface area (Å²) in [4.78, 5) is 14.9. The maximum absolute atomic E-state index is 12.9. The fraction of sp³-hybridized carbons (Fsp3) is 0.316. The first-order valence-corrected chi connectivity index (χ1v) is 10.8. The lowest BCUT2D eigenvalue weighted by atomic mass is 10.1. The Labute approximate surface area is 162 Å². The number of amides is 1. The second-order valence-corrected chi connectivity index (χ2v) is 8.86. The van der Waals surface area contributed by atoms with E-state index >= 15 is 0 Å². The van der Waals surface area contributed by atoms with Crippen molar-refractivity contribution in [3.63, 3.8) is 0 Å². The lowest BCUT2D eigenvalue weighted by Crippen LogP contribution is -2.31. The van der Waals surface area contributed by atoms with E-state index in [0.29, 0.717) is 31.6 Å². The maximum Gasteiger partial charge on any atom is 0.259 e. The largest absolute Gasteiger partial charge is 0.308 e. The summed E-state index contributed by atoms with van der Waals surface area (Å²) in [5.41, 5.74) is 2.27. The van der Waals surface area contributed by atoms with Crippen LogP contribution in [0.1, 0.15) is 29.8 Å². The van der Waals surface area contributed by atoms with Gasteiger partial charge in [0.1, 0.15) is 0 Å². The predicted molar refractivity (Wildman–Crippen MR) is 106 cm³/mol. The lowest BCUT2D eigenvalue weighted by Gasteiger charge is -2.20. The molecule has 1 heterocycles. The lowest BCUT2D eigenvalue weighted by molar-refractivity contribution is 0.0988. The van der Waals surface area contributed by atoms with Gasteiger partial charge in [-0.25, -0.2) is 8.42 Å².